The number of nitrogens with zero attached hydrogens (tertiary/aromatic N) is 3. The number of aromatic nitrogens is 3. The summed E-state index contributed by atoms with van der Waals surface area (Å²) in [6.45, 7) is 7.16. The lowest BCUT2D eigenvalue weighted by atomic mass is 10.4. The molecule has 0 bridgehead atoms. The zero-order chi connectivity index (χ0) is 12.0. The van der Waals surface area contributed by atoms with Crippen LogP contribution in [-0.4, -0.2) is 34.2 Å². The van der Waals surface area contributed by atoms with E-state index in [1.54, 1.807) is 0 Å². The second-order valence-electron chi connectivity index (χ2n) is 3.46. The lowest BCUT2D eigenvalue weighted by Gasteiger charge is -2.04. The van der Waals surface area contributed by atoms with Gasteiger partial charge in [0.25, 0.3) is 0 Å². The highest BCUT2D eigenvalue weighted by Gasteiger charge is 2.05. The van der Waals surface area contributed by atoms with Crippen molar-refractivity contribution in [2.45, 2.75) is 27.2 Å². The van der Waals surface area contributed by atoms with Crippen molar-refractivity contribution in [2.75, 3.05) is 18.4 Å². The van der Waals surface area contributed by atoms with E-state index in [0.717, 1.165) is 17.9 Å². The van der Waals surface area contributed by atoms with E-state index in [1.807, 2.05) is 20.8 Å². The number of rotatable bonds is 5. The minimum atomic E-state index is -0.106. The monoisotopic (exact) mass is 223 g/mol. The SMILES string of the molecule is CCNCCC(=O)Nc1nnc(C)c(C)n1. The minimum Gasteiger partial charge on any atom is -0.316 e. The molecule has 0 aliphatic heterocycles. The van der Waals surface area contributed by atoms with Crippen LogP contribution < -0.4 is 10.6 Å². The molecule has 1 rings (SSSR count). The molecule has 0 atom stereocenters. The van der Waals surface area contributed by atoms with Crippen molar-refractivity contribution in [2.24, 2.45) is 0 Å². The van der Waals surface area contributed by atoms with E-state index in [2.05, 4.69) is 25.8 Å². The summed E-state index contributed by atoms with van der Waals surface area (Å²) in [4.78, 5) is 15.5. The Kier molecular flexibility index (Phi) is 4.78. The molecule has 1 aromatic rings. The third kappa shape index (κ3) is 3.90. The lowest BCUT2D eigenvalue weighted by Crippen LogP contribution is -2.22. The smallest absolute Gasteiger partial charge is 0.249 e. The van der Waals surface area contributed by atoms with Crippen molar-refractivity contribution in [3.8, 4) is 0 Å². The molecule has 0 radical (unpaired) electrons. The molecule has 0 fully saturated rings. The predicted octanol–water partition coefficient (Wildman–Crippen LogP) is 0.427. The second kappa shape index (κ2) is 6.12. The van der Waals surface area contributed by atoms with Crippen LogP contribution in [0.15, 0.2) is 0 Å². The normalized spacial score (nSPS) is 10.2. The summed E-state index contributed by atoms with van der Waals surface area (Å²) < 4.78 is 0. The van der Waals surface area contributed by atoms with Crippen LogP contribution in [0.25, 0.3) is 0 Å². The zero-order valence-electron chi connectivity index (χ0n) is 9.87. The first-order valence-corrected chi connectivity index (χ1v) is 5.32. The average Bonchev–Trinajstić information content (AvgIpc) is 2.24. The van der Waals surface area contributed by atoms with E-state index in [4.69, 9.17) is 0 Å². The van der Waals surface area contributed by atoms with E-state index in [9.17, 15) is 4.79 Å². The Labute approximate surface area is 94.9 Å². The van der Waals surface area contributed by atoms with Crippen molar-refractivity contribution >= 4 is 11.9 Å². The van der Waals surface area contributed by atoms with E-state index < -0.39 is 0 Å². The van der Waals surface area contributed by atoms with Gasteiger partial charge in [-0.15, -0.1) is 5.10 Å². The van der Waals surface area contributed by atoms with Crippen molar-refractivity contribution in [1.29, 1.82) is 0 Å². The fourth-order valence-corrected chi connectivity index (χ4v) is 1.08. The van der Waals surface area contributed by atoms with Crippen LogP contribution in [-0.2, 0) is 4.79 Å². The predicted molar refractivity (Wildman–Crippen MR) is 61.1 cm³/mol. The molecule has 1 aromatic heterocycles. The van der Waals surface area contributed by atoms with Crippen molar-refractivity contribution in [1.82, 2.24) is 20.5 Å². The average molecular weight is 223 g/mol. The molecule has 1 amide bonds. The summed E-state index contributed by atoms with van der Waals surface area (Å²) in [7, 11) is 0. The largest absolute Gasteiger partial charge is 0.316 e. The number of carbonyl (C=O) groups excluding carboxylic acids is 1. The number of hydrogen-bond donors (Lipinski definition) is 2. The maximum atomic E-state index is 11.4. The molecule has 0 saturated carbocycles. The summed E-state index contributed by atoms with van der Waals surface area (Å²) in [6.07, 6.45) is 0.407. The molecule has 0 aliphatic rings. The standard InChI is InChI=1S/C10H17N5O/c1-4-11-6-5-9(16)13-10-12-7(2)8(3)14-15-10/h11H,4-6H2,1-3H3,(H,12,13,15,16). The highest BCUT2D eigenvalue weighted by Crippen LogP contribution is 2.01. The van der Waals surface area contributed by atoms with Gasteiger partial charge in [0.05, 0.1) is 11.4 Å². The third-order valence-corrected chi connectivity index (χ3v) is 2.12. The summed E-state index contributed by atoms with van der Waals surface area (Å²) >= 11 is 0. The fraction of sp³-hybridized carbons (Fsp3) is 0.600. The topological polar surface area (TPSA) is 79.8 Å². The molecule has 6 nitrogen and oxygen atoms in total. The first kappa shape index (κ1) is 12.5. The van der Waals surface area contributed by atoms with Gasteiger partial charge in [-0.3, -0.25) is 10.1 Å². The van der Waals surface area contributed by atoms with Gasteiger partial charge in [0.2, 0.25) is 11.9 Å². The first-order chi connectivity index (χ1) is 7.63. The van der Waals surface area contributed by atoms with E-state index in [0.29, 0.717) is 13.0 Å². The minimum absolute atomic E-state index is 0.106. The molecular formula is C10H17N5O. The molecule has 1 heterocycles. The van der Waals surface area contributed by atoms with Crippen LogP contribution in [0, 0.1) is 13.8 Å². The summed E-state index contributed by atoms with van der Waals surface area (Å²) in [6, 6.07) is 0. The van der Waals surface area contributed by atoms with Crippen LogP contribution >= 0.6 is 0 Å². The van der Waals surface area contributed by atoms with Crippen LogP contribution in [0.3, 0.4) is 0 Å². The van der Waals surface area contributed by atoms with Gasteiger partial charge in [0.15, 0.2) is 0 Å². The maximum Gasteiger partial charge on any atom is 0.249 e. The Morgan fingerprint density at radius 2 is 2.00 bits per heavy atom. The van der Waals surface area contributed by atoms with Crippen molar-refractivity contribution in [3.63, 3.8) is 0 Å². The number of anilines is 1. The highest BCUT2D eigenvalue weighted by molar-refractivity contribution is 5.88. The molecule has 2 N–H and O–H groups in total. The van der Waals surface area contributed by atoms with Gasteiger partial charge >= 0.3 is 0 Å². The number of hydrogen-bond acceptors (Lipinski definition) is 5. The summed E-state index contributed by atoms with van der Waals surface area (Å²) in [5.41, 5.74) is 1.54. The Morgan fingerprint density at radius 3 is 2.62 bits per heavy atom. The van der Waals surface area contributed by atoms with Gasteiger partial charge in [0.1, 0.15) is 0 Å². The van der Waals surface area contributed by atoms with E-state index in [-0.39, 0.29) is 11.9 Å². The molecule has 6 heteroatoms. The Morgan fingerprint density at radius 1 is 1.25 bits per heavy atom. The third-order valence-electron chi connectivity index (χ3n) is 2.12. The van der Waals surface area contributed by atoms with Crippen LogP contribution in [0.4, 0.5) is 5.95 Å². The lowest BCUT2D eigenvalue weighted by molar-refractivity contribution is -0.116. The number of nitrogens with one attached hydrogen (secondary N) is 2. The fourth-order valence-electron chi connectivity index (χ4n) is 1.08. The molecule has 0 aromatic carbocycles. The highest BCUT2D eigenvalue weighted by atomic mass is 16.1. The summed E-state index contributed by atoms with van der Waals surface area (Å²) in [5.74, 6) is 0.163. The van der Waals surface area contributed by atoms with Crippen LogP contribution in [0.2, 0.25) is 0 Å². The molecule has 0 spiro atoms. The number of aryl methyl sites for hydroxylation is 2. The van der Waals surface area contributed by atoms with Gasteiger partial charge in [0, 0.05) is 13.0 Å². The molecule has 16 heavy (non-hydrogen) atoms. The number of amides is 1. The summed E-state index contributed by atoms with van der Waals surface area (Å²) in [5, 5.41) is 13.4. The van der Waals surface area contributed by atoms with Crippen molar-refractivity contribution < 1.29 is 4.79 Å². The van der Waals surface area contributed by atoms with Crippen molar-refractivity contribution in [3.05, 3.63) is 11.4 Å². The maximum absolute atomic E-state index is 11.4. The Bertz CT molecular complexity index is 366. The van der Waals surface area contributed by atoms with E-state index in [1.165, 1.54) is 0 Å². The number of carbonyl (C=O) groups is 1. The van der Waals surface area contributed by atoms with Crippen LogP contribution in [0.5, 0.6) is 0 Å². The Hall–Kier alpha value is -1.56. The van der Waals surface area contributed by atoms with Gasteiger partial charge in [-0.2, -0.15) is 5.10 Å². The second-order valence-corrected chi connectivity index (χ2v) is 3.46. The van der Waals surface area contributed by atoms with Gasteiger partial charge < -0.3 is 5.32 Å². The molecule has 0 aliphatic carbocycles. The van der Waals surface area contributed by atoms with Gasteiger partial charge in [-0.05, 0) is 20.4 Å². The van der Waals surface area contributed by atoms with E-state index >= 15 is 0 Å². The van der Waals surface area contributed by atoms with Gasteiger partial charge in [-0.25, -0.2) is 4.98 Å². The molecular weight excluding hydrogens is 206 g/mol. The molecule has 88 valence electrons. The first-order valence-electron chi connectivity index (χ1n) is 5.32. The zero-order valence-corrected chi connectivity index (χ0v) is 9.87. The van der Waals surface area contributed by atoms with Crippen LogP contribution in [0.1, 0.15) is 24.7 Å². The quantitative estimate of drug-likeness (QED) is 0.707. The Balaban J connectivity index is 2.46. The molecule has 0 saturated heterocycles. The molecule has 0 unspecified atom stereocenters. The van der Waals surface area contributed by atoms with Gasteiger partial charge in [-0.1, -0.05) is 6.92 Å².